The number of carboxylic acid groups (broad SMARTS) is 1. The van der Waals surface area contributed by atoms with Gasteiger partial charge in [-0.05, 0) is 77.9 Å². The maximum absolute atomic E-state index is 13.2. The highest BCUT2D eigenvalue weighted by Gasteiger charge is 2.13. The molecule has 0 amide bonds. The van der Waals surface area contributed by atoms with Crippen LogP contribution >= 0.6 is 11.6 Å². The third-order valence-corrected chi connectivity index (χ3v) is 6.62. The number of benzene rings is 3. The van der Waals surface area contributed by atoms with Crippen molar-refractivity contribution in [2.24, 2.45) is 0 Å². The molecule has 0 aliphatic rings. The van der Waals surface area contributed by atoms with Crippen molar-refractivity contribution in [2.45, 2.75) is 30.6 Å². The first-order valence-electron chi connectivity index (χ1n) is 10.0. The van der Waals surface area contributed by atoms with Gasteiger partial charge in [-0.25, -0.2) is 17.5 Å². The fraction of sp³-hybridized carbons (Fsp3) is 0.208. The average molecular weight is 476 g/mol. The Kier molecular flexibility index (Phi) is 8.01. The highest BCUT2D eigenvalue weighted by molar-refractivity contribution is 7.89. The molecular formula is C24H23ClFNO4S. The van der Waals surface area contributed by atoms with Crippen molar-refractivity contribution in [3.8, 4) is 0 Å². The lowest BCUT2D eigenvalue weighted by molar-refractivity contribution is -0.136. The fourth-order valence-corrected chi connectivity index (χ4v) is 4.50. The van der Waals surface area contributed by atoms with E-state index in [-0.39, 0.29) is 23.7 Å². The molecule has 0 unspecified atom stereocenters. The first kappa shape index (κ1) is 23.9. The van der Waals surface area contributed by atoms with Crippen molar-refractivity contribution in [3.63, 3.8) is 0 Å². The van der Waals surface area contributed by atoms with Crippen LogP contribution < -0.4 is 4.72 Å². The number of nitrogens with one attached hydrogen (secondary N) is 1. The number of sulfonamides is 1. The summed E-state index contributed by atoms with van der Waals surface area (Å²) in [6.07, 6.45) is 1.37. The van der Waals surface area contributed by atoms with Crippen LogP contribution in [0.15, 0.2) is 71.6 Å². The van der Waals surface area contributed by atoms with Gasteiger partial charge in [0, 0.05) is 18.0 Å². The molecule has 0 heterocycles. The third kappa shape index (κ3) is 7.15. The van der Waals surface area contributed by atoms with E-state index in [9.17, 15) is 17.6 Å². The topological polar surface area (TPSA) is 83.5 Å². The van der Waals surface area contributed by atoms with Gasteiger partial charge in [0.15, 0.2) is 0 Å². The summed E-state index contributed by atoms with van der Waals surface area (Å²) in [5, 5.41) is 9.46. The Balaban J connectivity index is 1.73. The molecule has 0 bridgehead atoms. The van der Waals surface area contributed by atoms with Crippen LogP contribution in [0.5, 0.6) is 0 Å². The van der Waals surface area contributed by atoms with Crippen LogP contribution in [-0.4, -0.2) is 26.0 Å². The van der Waals surface area contributed by atoms with E-state index in [4.69, 9.17) is 16.7 Å². The number of aliphatic carboxylic acids is 1. The first-order valence-corrected chi connectivity index (χ1v) is 11.9. The van der Waals surface area contributed by atoms with E-state index in [0.717, 1.165) is 22.3 Å². The molecule has 0 saturated carbocycles. The van der Waals surface area contributed by atoms with E-state index in [2.05, 4.69) is 4.72 Å². The molecule has 0 saturated heterocycles. The summed E-state index contributed by atoms with van der Waals surface area (Å²) >= 11 is 5.82. The second-order valence-corrected chi connectivity index (χ2v) is 9.66. The Bertz CT molecular complexity index is 1180. The van der Waals surface area contributed by atoms with Crippen molar-refractivity contribution < 1.29 is 22.7 Å². The number of hydrogen-bond donors (Lipinski definition) is 2. The summed E-state index contributed by atoms with van der Waals surface area (Å²) in [5.41, 5.74) is 3.64. The molecule has 3 aromatic rings. The smallest absolute Gasteiger partial charge is 0.303 e. The number of rotatable bonds is 10. The number of halogens is 2. The lowest BCUT2D eigenvalue weighted by Gasteiger charge is -2.11. The summed E-state index contributed by atoms with van der Waals surface area (Å²) < 4.78 is 40.7. The normalized spacial score (nSPS) is 11.4. The SMILES string of the molecule is O=C(O)CCc1cc(CCNS(=O)(=O)c2ccc(Cl)cc2)cc(Cc2ccc(F)cc2)c1. The van der Waals surface area contributed by atoms with E-state index < -0.39 is 16.0 Å². The molecule has 32 heavy (non-hydrogen) atoms. The summed E-state index contributed by atoms with van der Waals surface area (Å²) in [6, 6.07) is 17.9. The van der Waals surface area contributed by atoms with Crippen molar-refractivity contribution in [1.29, 1.82) is 0 Å². The van der Waals surface area contributed by atoms with E-state index in [1.165, 1.54) is 36.4 Å². The van der Waals surface area contributed by atoms with E-state index in [0.29, 0.717) is 24.3 Å². The number of hydrogen-bond acceptors (Lipinski definition) is 3. The van der Waals surface area contributed by atoms with Crippen molar-refractivity contribution in [3.05, 3.63) is 99.8 Å². The minimum atomic E-state index is -3.66. The lowest BCUT2D eigenvalue weighted by Crippen LogP contribution is -2.26. The number of carbonyl (C=O) groups is 1. The van der Waals surface area contributed by atoms with Crippen molar-refractivity contribution in [1.82, 2.24) is 4.72 Å². The number of carboxylic acids is 1. The number of aryl methyl sites for hydroxylation is 1. The molecule has 3 aromatic carbocycles. The molecule has 0 aliphatic heterocycles. The van der Waals surface area contributed by atoms with E-state index >= 15 is 0 Å². The van der Waals surface area contributed by atoms with Gasteiger partial charge in [0.25, 0.3) is 0 Å². The van der Waals surface area contributed by atoms with Crippen LogP contribution in [0, 0.1) is 5.82 Å². The zero-order chi connectivity index (χ0) is 23.1. The van der Waals surface area contributed by atoms with Crippen LogP contribution in [0.3, 0.4) is 0 Å². The molecule has 0 aromatic heterocycles. The highest BCUT2D eigenvalue weighted by atomic mass is 35.5. The molecule has 2 N–H and O–H groups in total. The van der Waals surface area contributed by atoms with Gasteiger partial charge >= 0.3 is 5.97 Å². The van der Waals surface area contributed by atoms with Gasteiger partial charge in [-0.3, -0.25) is 4.79 Å². The molecule has 168 valence electrons. The summed E-state index contributed by atoms with van der Waals surface area (Å²) in [6.45, 7) is 0.184. The van der Waals surface area contributed by atoms with Gasteiger partial charge in [0.05, 0.1) is 4.90 Å². The van der Waals surface area contributed by atoms with Gasteiger partial charge in [0.2, 0.25) is 10.0 Å². The van der Waals surface area contributed by atoms with Crippen LogP contribution in [0.4, 0.5) is 4.39 Å². The molecule has 0 atom stereocenters. The van der Waals surface area contributed by atoms with Crippen molar-refractivity contribution >= 4 is 27.6 Å². The molecule has 8 heteroatoms. The molecule has 0 radical (unpaired) electrons. The fourth-order valence-electron chi connectivity index (χ4n) is 3.35. The van der Waals surface area contributed by atoms with Crippen LogP contribution in [-0.2, 0) is 34.1 Å². The molecule has 0 spiro atoms. The predicted octanol–water partition coefficient (Wildman–Crippen LogP) is 4.61. The van der Waals surface area contributed by atoms with Crippen LogP contribution in [0.25, 0.3) is 0 Å². The Morgan fingerprint density at radius 3 is 2.09 bits per heavy atom. The monoisotopic (exact) mass is 475 g/mol. The third-order valence-electron chi connectivity index (χ3n) is 4.89. The standard InChI is InChI=1S/C24H23ClFNO4S/c25-21-4-8-23(9-5-21)32(30,31)27-12-11-19-14-18(3-10-24(28)29)15-20(16-19)13-17-1-6-22(26)7-2-17/h1-2,4-9,14-16,27H,3,10-13H2,(H,28,29). The quantitative estimate of drug-likeness (QED) is 0.448. The summed E-state index contributed by atoms with van der Waals surface area (Å²) in [4.78, 5) is 11.1. The average Bonchev–Trinajstić information content (AvgIpc) is 2.74. The summed E-state index contributed by atoms with van der Waals surface area (Å²) in [5.74, 6) is -1.19. The Morgan fingerprint density at radius 2 is 1.47 bits per heavy atom. The largest absolute Gasteiger partial charge is 0.481 e. The van der Waals surface area contributed by atoms with Gasteiger partial charge in [-0.1, -0.05) is 41.9 Å². The van der Waals surface area contributed by atoms with E-state index in [1.54, 1.807) is 12.1 Å². The van der Waals surface area contributed by atoms with E-state index in [1.807, 2.05) is 18.2 Å². The maximum Gasteiger partial charge on any atom is 0.303 e. The molecule has 3 rings (SSSR count). The lowest BCUT2D eigenvalue weighted by atomic mass is 9.96. The highest BCUT2D eigenvalue weighted by Crippen LogP contribution is 2.18. The Hall–Kier alpha value is -2.74. The molecule has 0 aliphatic carbocycles. The van der Waals surface area contributed by atoms with Crippen molar-refractivity contribution in [2.75, 3.05) is 6.54 Å². The second kappa shape index (κ2) is 10.7. The minimum Gasteiger partial charge on any atom is -0.481 e. The molecule has 0 fully saturated rings. The first-order chi connectivity index (χ1) is 15.2. The molecular weight excluding hydrogens is 453 g/mol. The van der Waals surface area contributed by atoms with Gasteiger partial charge in [-0.15, -0.1) is 0 Å². The maximum atomic E-state index is 13.2. The Labute approximate surface area is 191 Å². The van der Waals surface area contributed by atoms with Gasteiger partial charge < -0.3 is 5.11 Å². The van der Waals surface area contributed by atoms with Crippen LogP contribution in [0.1, 0.15) is 28.7 Å². The Morgan fingerprint density at radius 1 is 0.875 bits per heavy atom. The van der Waals surface area contributed by atoms with Gasteiger partial charge in [0.1, 0.15) is 5.82 Å². The predicted molar refractivity (Wildman–Crippen MR) is 122 cm³/mol. The second-order valence-electron chi connectivity index (χ2n) is 7.46. The minimum absolute atomic E-state index is 0.00262. The van der Waals surface area contributed by atoms with Crippen LogP contribution in [0.2, 0.25) is 5.02 Å². The van der Waals surface area contributed by atoms with Gasteiger partial charge in [-0.2, -0.15) is 0 Å². The summed E-state index contributed by atoms with van der Waals surface area (Å²) in [7, 11) is -3.66. The zero-order valence-corrected chi connectivity index (χ0v) is 18.8. The molecule has 5 nitrogen and oxygen atoms in total. The zero-order valence-electron chi connectivity index (χ0n) is 17.2.